The van der Waals surface area contributed by atoms with E-state index in [-0.39, 0.29) is 18.0 Å². The van der Waals surface area contributed by atoms with Crippen LogP contribution < -0.4 is 16.0 Å². The second-order valence-corrected chi connectivity index (χ2v) is 4.92. The minimum absolute atomic E-state index is 0.0462. The Morgan fingerprint density at radius 3 is 2.86 bits per heavy atom. The molecule has 0 fully saturated rings. The molecule has 3 rings (SSSR count). The summed E-state index contributed by atoms with van der Waals surface area (Å²) in [6.45, 7) is 0.130. The van der Waals surface area contributed by atoms with Gasteiger partial charge in [0.25, 0.3) is 0 Å². The van der Waals surface area contributed by atoms with E-state index in [9.17, 15) is 14.0 Å². The Kier molecular flexibility index (Phi) is 3.21. The molecular weight excluding hydrogens is 289 g/mol. The molecule has 2 amide bonds. The van der Waals surface area contributed by atoms with Gasteiger partial charge in [0.2, 0.25) is 11.8 Å². The van der Waals surface area contributed by atoms with E-state index in [1.807, 2.05) is 0 Å². The molecule has 0 saturated heterocycles. The molecule has 1 aliphatic heterocycles. The Balaban J connectivity index is 2.20. The third kappa shape index (κ3) is 2.34. The summed E-state index contributed by atoms with van der Waals surface area (Å²) in [5.74, 6) is -1.18. The van der Waals surface area contributed by atoms with Crippen molar-refractivity contribution < 1.29 is 14.0 Å². The number of nitrogens with two attached hydrogens (primary N) is 1. The van der Waals surface area contributed by atoms with Gasteiger partial charge >= 0.3 is 0 Å². The second kappa shape index (κ2) is 5.06. The van der Waals surface area contributed by atoms with Crippen molar-refractivity contribution in [3.8, 4) is 11.3 Å². The molecule has 1 aromatic heterocycles. The molecule has 0 aliphatic carbocycles. The molecule has 7 nitrogen and oxygen atoms in total. The number of hydrogen-bond acceptors (Lipinski definition) is 5. The number of hydrogen-bond donors (Lipinski definition) is 2. The van der Waals surface area contributed by atoms with Crippen molar-refractivity contribution in [2.24, 2.45) is 5.73 Å². The van der Waals surface area contributed by atoms with Crippen LogP contribution in [0.3, 0.4) is 0 Å². The fraction of sp³-hybridized carbons (Fsp3) is 0.143. The molecular formula is C14H12FN5O2. The fourth-order valence-electron chi connectivity index (χ4n) is 2.38. The maximum absolute atomic E-state index is 13.7. The second-order valence-electron chi connectivity index (χ2n) is 4.92. The SMILES string of the molecule is CN1CC(=O)Nc2ncnc(-c3cc(F)cc(C(N)=O)c3)c21. The third-order valence-electron chi connectivity index (χ3n) is 3.30. The first-order valence-corrected chi connectivity index (χ1v) is 6.42. The van der Waals surface area contributed by atoms with Gasteiger partial charge in [-0.1, -0.05) is 0 Å². The van der Waals surface area contributed by atoms with Gasteiger partial charge in [0, 0.05) is 18.2 Å². The highest BCUT2D eigenvalue weighted by Crippen LogP contribution is 2.35. The minimum atomic E-state index is -0.731. The summed E-state index contributed by atoms with van der Waals surface area (Å²) in [4.78, 5) is 32.7. The average molecular weight is 301 g/mol. The Morgan fingerprint density at radius 2 is 2.14 bits per heavy atom. The number of likely N-dealkylation sites (N-methyl/N-ethyl adjacent to an activating group) is 1. The van der Waals surface area contributed by atoms with Crippen LogP contribution in [0, 0.1) is 5.82 Å². The first-order chi connectivity index (χ1) is 10.5. The van der Waals surface area contributed by atoms with E-state index in [0.717, 1.165) is 6.07 Å². The topological polar surface area (TPSA) is 101 Å². The molecule has 1 aliphatic rings. The molecule has 2 aromatic rings. The zero-order valence-corrected chi connectivity index (χ0v) is 11.6. The van der Waals surface area contributed by atoms with Crippen LogP contribution in [-0.4, -0.2) is 35.4 Å². The van der Waals surface area contributed by atoms with Crippen LogP contribution >= 0.6 is 0 Å². The molecule has 0 saturated carbocycles. The molecule has 0 unspecified atom stereocenters. The zero-order valence-electron chi connectivity index (χ0n) is 11.6. The van der Waals surface area contributed by atoms with Crippen molar-refractivity contribution in [2.45, 2.75) is 0 Å². The summed E-state index contributed by atoms with van der Waals surface area (Å²) in [5, 5.41) is 2.64. The molecule has 0 atom stereocenters. The van der Waals surface area contributed by atoms with Gasteiger partial charge in [0.1, 0.15) is 17.8 Å². The van der Waals surface area contributed by atoms with Crippen LogP contribution in [0.15, 0.2) is 24.5 Å². The van der Waals surface area contributed by atoms with Gasteiger partial charge in [-0.25, -0.2) is 14.4 Å². The molecule has 8 heteroatoms. The first kappa shape index (κ1) is 13.9. The van der Waals surface area contributed by atoms with Gasteiger partial charge < -0.3 is 16.0 Å². The number of aromatic nitrogens is 2. The number of carbonyl (C=O) groups excluding carboxylic acids is 2. The average Bonchev–Trinajstić information content (AvgIpc) is 2.45. The minimum Gasteiger partial charge on any atom is -0.366 e. The Hall–Kier alpha value is -3.03. The number of amides is 2. The summed E-state index contributed by atoms with van der Waals surface area (Å²) in [6.07, 6.45) is 1.27. The van der Waals surface area contributed by atoms with Crippen molar-refractivity contribution in [1.82, 2.24) is 9.97 Å². The Labute approximate surface area is 125 Å². The maximum Gasteiger partial charge on any atom is 0.248 e. The number of nitrogens with one attached hydrogen (secondary N) is 1. The predicted molar refractivity (Wildman–Crippen MR) is 77.8 cm³/mol. The molecule has 0 bridgehead atoms. The summed E-state index contributed by atoms with van der Waals surface area (Å²) in [5.41, 5.74) is 6.61. The lowest BCUT2D eigenvalue weighted by Gasteiger charge is -2.27. The van der Waals surface area contributed by atoms with Crippen molar-refractivity contribution in [3.05, 3.63) is 35.9 Å². The number of carbonyl (C=O) groups is 2. The lowest BCUT2D eigenvalue weighted by molar-refractivity contribution is -0.115. The van der Waals surface area contributed by atoms with E-state index >= 15 is 0 Å². The molecule has 1 aromatic carbocycles. The number of benzene rings is 1. The van der Waals surface area contributed by atoms with E-state index in [0.29, 0.717) is 22.8 Å². The fourth-order valence-corrected chi connectivity index (χ4v) is 2.38. The lowest BCUT2D eigenvalue weighted by atomic mass is 10.0. The van der Waals surface area contributed by atoms with Crippen LogP contribution in [0.1, 0.15) is 10.4 Å². The van der Waals surface area contributed by atoms with Crippen molar-refractivity contribution >= 4 is 23.3 Å². The summed E-state index contributed by atoms with van der Waals surface area (Å²) in [6, 6.07) is 3.77. The first-order valence-electron chi connectivity index (χ1n) is 6.42. The van der Waals surface area contributed by atoms with Crippen molar-refractivity contribution in [3.63, 3.8) is 0 Å². The molecule has 0 spiro atoms. The summed E-state index contributed by atoms with van der Waals surface area (Å²) < 4.78 is 13.7. The number of halogens is 1. The Bertz CT molecular complexity index is 793. The van der Waals surface area contributed by atoms with Crippen LogP contribution in [-0.2, 0) is 4.79 Å². The molecule has 3 N–H and O–H groups in total. The van der Waals surface area contributed by atoms with Crippen LogP contribution in [0.25, 0.3) is 11.3 Å². The van der Waals surface area contributed by atoms with Crippen molar-refractivity contribution in [2.75, 3.05) is 23.8 Å². The number of rotatable bonds is 2. The highest BCUT2D eigenvalue weighted by atomic mass is 19.1. The zero-order chi connectivity index (χ0) is 15.9. The number of anilines is 2. The highest BCUT2D eigenvalue weighted by molar-refractivity contribution is 6.03. The molecule has 2 heterocycles. The molecule has 0 radical (unpaired) electrons. The monoisotopic (exact) mass is 301 g/mol. The van der Waals surface area contributed by atoms with Crippen LogP contribution in [0.4, 0.5) is 15.9 Å². The standard InChI is InChI=1S/C14H12FN5O2/c1-20-5-10(21)19-14-12(20)11(17-6-18-14)7-2-8(13(16)22)4-9(15)3-7/h2-4,6H,5H2,1H3,(H2,16,22)(H,17,18,19,21). The van der Waals surface area contributed by atoms with Gasteiger partial charge in [0.15, 0.2) is 5.82 Å². The van der Waals surface area contributed by atoms with Crippen LogP contribution in [0.5, 0.6) is 0 Å². The Morgan fingerprint density at radius 1 is 1.36 bits per heavy atom. The third-order valence-corrected chi connectivity index (χ3v) is 3.30. The van der Waals surface area contributed by atoms with E-state index < -0.39 is 11.7 Å². The lowest BCUT2D eigenvalue weighted by Crippen LogP contribution is -2.36. The van der Waals surface area contributed by atoms with E-state index in [4.69, 9.17) is 5.73 Å². The van der Waals surface area contributed by atoms with Gasteiger partial charge in [-0.2, -0.15) is 0 Å². The largest absolute Gasteiger partial charge is 0.366 e. The van der Waals surface area contributed by atoms with E-state index in [1.54, 1.807) is 11.9 Å². The van der Waals surface area contributed by atoms with Gasteiger partial charge in [0.05, 0.1) is 12.2 Å². The molecule has 22 heavy (non-hydrogen) atoms. The van der Waals surface area contributed by atoms with E-state index in [1.165, 1.54) is 18.5 Å². The van der Waals surface area contributed by atoms with Gasteiger partial charge in [-0.3, -0.25) is 9.59 Å². The number of nitrogens with zero attached hydrogens (tertiary/aromatic N) is 3. The van der Waals surface area contributed by atoms with Crippen LogP contribution in [0.2, 0.25) is 0 Å². The summed E-state index contributed by atoms with van der Waals surface area (Å²) in [7, 11) is 1.71. The van der Waals surface area contributed by atoms with Gasteiger partial charge in [-0.05, 0) is 18.2 Å². The molecule has 112 valence electrons. The highest BCUT2D eigenvalue weighted by Gasteiger charge is 2.25. The quantitative estimate of drug-likeness (QED) is 0.853. The van der Waals surface area contributed by atoms with Crippen molar-refractivity contribution in [1.29, 1.82) is 0 Å². The maximum atomic E-state index is 13.7. The van der Waals surface area contributed by atoms with E-state index in [2.05, 4.69) is 15.3 Å². The number of fused-ring (bicyclic) bond motifs is 1. The van der Waals surface area contributed by atoms with Gasteiger partial charge in [-0.15, -0.1) is 0 Å². The summed E-state index contributed by atoms with van der Waals surface area (Å²) >= 11 is 0. The normalized spacial score (nSPS) is 13.5. The predicted octanol–water partition coefficient (Wildman–Crippen LogP) is 0.770. The number of primary amides is 1. The smallest absolute Gasteiger partial charge is 0.248 e.